The first kappa shape index (κ1) is 14.7. The highest BCUT2D eigenvalue weighted by Gasteiger charge is 2.31. The van der Waals surface area contributed by atoms with Crippen molar-refractivity contribution in [3.63, 3.8) is 0 Å². The Morgan fingerprint density at radius 1 is 1.04 bits per heavy atom. The van der Waals surface area contributed by atoms with Gasteiger partial charge in [-0.05, 0) is 36.5 Å². The fourth-order valence-corrected chi connectivity index (χ4v) is 3.57. The van der Waals surface area contributed by atoms with Gasteiger partial charge in [0.1, 0.15) is 6.10 Å². The van der Waals surface area contributed by atoms with Crippen LogP contribution in [-0.2, 0) is 17.6 Å². The summed E-state index contributed by atoms with van der Waals surface area (Å²) in [6, 6.07) is 15.3. The molecule has 1 saturated heterocycles. The van der Waals surface area contributed by atoms with Gasteiger partial charge in [0.05, 0.1) is 6.61 Å². The highest BCUT2D eigenvalue weighted by atomic mass is 16.5. The monoisotopic (exact) mass is 310 g/mol. The molecule has 2 atom stereocenters. The topological polar surface area (TPSA) is 43.4 Å². The molecule has 1 N–H and O–H groups in total. The first-order valence-electron chi connectivity index (χ1n) is 8.37. The molecule has 4 heteroatoms. The molecule has 0 amide bonds. The van der Waals surface area contributed by atoms with Crippen LogP contribution in [0, 0.1) is 0 Å². The van der Waals surface area contributed by atoms with Crippen molar-refractivity contribution in [3.05, 3.63) is 59.8 Å². The lowest BCUT2D eigenvalue weighted by Gasteiger charge is -2.34. The number of benzene rings is 1. The molecule has 23 heavy (non-hydrogen) atoms. The van der Waals surface area contributed by atoms with E-state index in [9.17, 15) is 0 Å². The number of hydrogen-bond acceptors (Lipinski definition) is 4. The van der Waals surface area contributed by atoms with Gasteiger partial charge in [0.15, 0.2) is 0 Å². The second kappa shape index (κ2) is 6.69. The second-order valence-electron chi connectivity index (χ2n) is 6.33. The molecule has 2 heterocycles. The summed E-state index contributed by atoms with van der Waals surface area (Å²) < 4.78 is 11.7. The highest BCUT2D eigenvalue weighted by molar-refractivity contribution is 5.33. The molecule has 4 rings (SSSR count). The van der Waals surface area contributed by atoms with Crippen molar-refractivity contribution < 1.29 is 9.47 Å². The van der Waals surface area contributed by atoms with Gasteiger partial charge in [-0.25, -0.2) is 4.98 Å². The molecule has 0 saturated carbocycles. The minimum absolute atomic E-state index is 0.0161. The van der Waals surface area contributed by atoms with E-state index in [-0.39, 0.29) is 6.10 Å². The minimum atomic E-state index is 0.0161. The Bertz CT molecular complexity index is 622. The number of pyridine rings is 1. The Labute approximate surface area is 136 Å². The van der Waals surface area contributed by atoms with Gasteiger partial charge in [-0.1, -0.05) is 30.3 Å². The van der Waals surface area contributed by atoms with Gasteiger partial charge < -0.3 is 14.8 Å². The van der Waals surface area contributed by atoms with E-state index in [4.69, 9.17) is 9.47 Å². The zero-order valence-electron chi connectivity index (χ0n) is 13.2. The predicted molar refractivity (Wildman–Crippen MR) is 88.7 cm³/mol. The summed E-state index contributed by atoms with van der Waals surface area (Å²) in [5.74, 6) is 0.671. The number of ether oxygens (including phenoxy) is 2. The summed E-state index contributed by atoms with van der Waals surface area (Å²) in [5, 5.41) is 3.80. The van der Waals surface area contributed by atoms with Crippen LogP contribution < -0.4 is 10.1 Å². The zero-order valence-corrected chi connectivity index (χ0v) is 13.2. The van der Waals surface area contributed by atoms with Crippen molar-refractivity contribution in [1.82, 2.24) is 10.3 Å². The molecule has 1 aromatic carbocycles. The Hall–Kier alpha value is -1.91. The molecule has 0 radical (unpaired) electrons. The summed E-state index contributed by atoms with van der Waals surface area (Å²) in [7, 11) is 0. The van der Waals surface area contributed by atoms with Gasteiger partial charge in [-0.3, -0.25) is 0 Å². The quantitative estimate of drug-likeness (QED) is 0.941. The van der Waals surface area contributed by atoms with Crippen LogP contribution in [-0.4, -0.2) is 36.4 Å². The van der Waals surface area contributed by atoms with Crippen molar-refractivity contribution in [2.24, 2.45) is 0 Å². The van der Waals surface area contributed by atoms with Crippen LogP contribution in [0.25, 0.3) is 0 Å². The standard InChI is InChI=1S/C19H22N2O2/c1-2-6-15-12-16(11-14(15)5-1)21-17-8-10-22-13-18(17)23-19-7-3-4-9-20-19/h1-7,9,16-18,21H,8,10-13H2/t17-,18-/m1/s1. The summed E-state index contributed by atoms with van der Waals surface area (Å²) in [6.07, 6.45) is 4.95. The van der Waals surface area contributed by atoms with Crippen molar-refractivity contribution >= 4 is 0 Å². The number of nitrogens with one attached hydrogen (secondary N) is 1. The Balaban J connectivity index is 1.41. The Kier molecular flexibility index (Phi) is 4.26. The maximum Gasteiger partial charge on any atom is 0.213 e. The molecule has 0 unspecified atom stereocenters. The average molecular weight is 310 g/mol. The maximum atomic E-state index is 6.06. The van der Waals surface area contributed by atoms with Gasteiger partial charge in [-0.2, -0.15) is 0 Å². The van der Waals surface area contributed by atoms with Crippen LogP contribution in [0.15, 0.2) is 48.7 Å². The van der Waals surface area contributed by atoms with E-state index in [0.29, 0.717) is 24.6 Å². The second-order valence-corrected chi connectivity index (χ2v) is 6.33. The largest absolute Gasteiger partial charge is 0.470 e. The van der Waals surface area contributed by atoms with Crippen molar-refractivity contribution in [2.45, 2.75) is 37.5 Å². The number of fused-ring (bicyclic) bond motifs is 1. The molecule has 0 spiro atoms. The van der Waals surface area contributed by atoms with Crippen LogP contribution in [0.1, 0.15) is 17.5 Å². The summed E-state index contributed by atoms with van der Waals surface area (Å²) in [6.45, 7) is 1.41. The Morgan fingerprint density at radius 3 is 2.57 bits per heavy atom. The molecule has 1 aromatic heterocycles. The van der Waals surface area contributed by atoms with Crippen molar-refractivity contribution in [2.75, 3.05) is 13.2 Å². The van der Waals surface area contributed by atoms with E-state index in [1.54, 1.807) is 6.20 Å². The van der Waals surface area contributed by atoms with Crippen LogP contribution >= 0.6 is 0 Å². The highest BCUT2D eigenvalue weighted by Crippen LogP contribution is 2.24. The molecule has 1 aliphatic heterocycles. The summed E-state index contributed by atoms with van der Waals surface area (Å²) >= 11 is 0. The molecular weight excluding hydrogens is 288 g/mol. The summed E-state index contributed by atoms with van der Waals surface area (Å²) in [4.78, 5) is 4.27. The first-order chi connectivity index (χ1) is 11.4. The summed E-state index contributed by atoms with van der Waals surface area (Å²) in [5.41, 5.74) is 2.94. The lowest BCUT2D eigenvalue weighted by Crippen LogP contribution is -2.53. The van der Waals surface area contributed by atoms with Crippen LogP contribution in [0.2, 0.25) is 0 Å². The smallest absolute Gasteiger partial charge is 0.213 e. The third-order valence-electron chi connectivity index (χ3n) is 4.71. The van der Waals surface area contributed by atoms with Crippen LogP contribution in [0.3, 0.4) is 0 Å². The molecule has 120 valence electrons. The van der Waals surface area contributed by atoms with Gasteiger partial charge in [0.25, 0.3) is 0 Å². The Morgan fingerprint density at radius 2 is 1.83 bits per heavy atom. The van der Waals surface area contributed by atoms with Gasteiger partial charge >= 0.3 is 0 Å². The zero-order chi connectivity index (χ0) is 15.5. The van der Waals surface area contributed by atoms with Crippen LogP contribution in [0.5, 0.6) is 5.88 Å². The fourth-order valence-electron chi connectivity index (χ4n) is 3.57. The minimum Gasteiger partial charge on any atom is -0.470 e. The molecule has 2 aromatic rings. The first-order valence-corrected chi connectivity index (χ1v) is 8.37. The third-order valence-corrected chi connectivity index (χ3v) is 4.71. The van der Waals surface area contributed by atoms with Crippen molar-refractivity contribution in [1.29, 1.82) is 0 Å². The van der Waals surface area contributed by atoms with E-state index in [1.165, 1.54) is 11.1 Å². The predicted octanol–water partition coefficient (Wildman–Crippen LogP) is 2.37. The van der Waals surface area contributed by atoms with Gasteiger partial charge in [0.2, 0.25) is 5.88 Å². The molecule has 1 fully saturated rings. The van der Waals surface area contributed by atoms with E-state index in [0.717, 1.165) is 25.9 Å². The average Bonchev–Trinajstić information content (AvgIpc) is 3.00. The SMILES string of the molecule is c1ccc(O[C@@H]2COCC[C@H]2NC2Cc3ccccc3C2)nc1. The fraction of sp³-hybridized carbons (Fsp3) is 0.421. The number of aromatic nitrogens is 1. The lowest BCUT2D eigenvalue weighted by atomic mass is 10.0. The van der Waals surface area contributed by atoms with E-state index < -0.39 is 0 Å². The van der Waals surface area contributed by atoms with Gasteiger partial charge in [-0.15, -0.1) is 0 Å². The van der Waals surface area contributed by atoms with Gasteiger partial charge in [0, 0.05) is 31.0 Å². The third kappa shape index (κ3) is 3.38. The number of rotatable bonds is 4. The van der Waals surface area contributed by atoms with E-state index in [2.05, 4.69) is 34.6 Å². The normalized spacial score (nSPS) is 24.3. The van der Waals surface area contributed by atoms with E-state index >= 15 is 0 Å². The molecule has 0 bridgehead atoms. The van der Waals surface area contributed by atoms with Crippen LogP contribution in [0.4, 0.5) is 0 Å². The number of hydrogen-bond donors (Lipinski definition) is 1. The maximum absolute atomic E-state index is 6.06. The van der Waals surface area contributed by atoms with Crippen molar-refractivity contribution in [3.8, 4) is 5.88 Å². The molecule has 2 aliphatic rings. The lowest BCUT2D eigenvalue weighted by molar-refractivity contribution is -0.0190. The number of nitrogens with zero attached hydrogens (tertiary/aromatic N) is 1. The molecular formula is C19H22N2O2. The molecule has 4 nitrogen and oxygen atoms in total. The molecule has 1 aliphatic carbocycles. The van der Waals surface area contributed by atoms with E-state index in [1.807, 2.05) is 18.2 Å².